The maximum atomic E-state index is 12.5. The van der Waals surface area contributed by atoms with E-state index in [1.807, 2.05) is 44.2 Å². The van der Waals surface area contributed by atoms with Crippen molar-refractivity contribution >= 4 is 0 Å². The van der Waals surface area contributed by atoms with Crippen molar-refractivity contribution in [1.82, 2.24) is 0 Å². The molecule has 1 aromatic rings. The summed E-state index contributed by atoms with van der Waals surface area (Å²) in [5.74, 6) is -1.14. The van der Waals surface area contributed by atoms with Gasteiger partial charge in [-0.25, -0.2) is 0 Å². The molecule has 6 atom stereocenters. The van der Waals surface area contributed by atoms with Gasteiger partial charge in [-0.3, -0.25) is 0 Å². The van der Waals surface area contributed by atoms with Crippen LogP contribution < -0.4 is 0 Å². The van der Waals surface area contributed by atoms with E-state index in [1.165, 1.54) is 0 Å². The predicted octanol–water partition coefficient (Wildman–Crippen LogP) is 3.09. The third-order valence-corrected chi connectivity index (χ3v) is 8.05. The van der Waals surface area contributed by atoms with E-state index in [1.54, 1.807) is 0 Å². The van der Waals surface area contributed by atoms with Gasteiger partial charge in [-0.2, -0.15) is 0 Å². The Morgan fingerprint density at radius 3 is 2.47 bits per heavy atom. The first-order valence-corrected chi connectivity index (χ1v) is 11.0. The molecule has 2 aliphatic heterocycles. The molecular weight excluding hydrogens is 384 g/mol. The molecule has 1 spiro atoms. The molecule has 0 aromatic heterocycles. The van der Waals surface area contributed by atoms with E-state index in [9.17, 15) is 10.2 Å². The third kappa shape index (κ3) is 2.78. The second kappa shape index (κ2) is 7.12. The van der Waals surface area contributed by atoms with Gasteiger partial charge in [-0.15, -0.1) is 0 Å². The largest absolute Gasteiger partial charge is 0.389 e. The number of benzene rings is 1. The minimum Gasteiger partial charge on any atom is -0.389 e. The molecule has 6 nitrogen and oxygen atoms in total. The van der Waals surface area contributed by atoms with Crippen molar-refractivity contribution in [2.24, 2.45) is 11.3 Å². The second-order valence-corrected chi connectivity index (χ2v) is 9.64. The van der Waals surface area contributed by atoms with Crippen LogP contribution in [0.1, 0.15) is 51.9 Å². The second-order valence-electron chi connectivity index (χ2n) is 9.64. The number of fused-ring (bicyclic) bond motifs is 3. The first-order chi connectivity index (χ1) is 14.3. The average Bonchev–Trinajstić information content (AvgIpc) is 3.14. The van der Waals surface area contributed by atoms with Gasteiger partial charge >= 0.3 is 0 Å². The van der Waals surface area contributed by atoms with Crippen LogP contribution in [0.4, 0.5) is 0 Å². The van der Waals surface area contributed by atoms with Gasteiger partial charge in [-0.05, 0) is 30.9 Å². The quantitative estimate of drug-likeness (QED) is 0.685. The van der Waals surface area contributed by atoms with Gasteiger partial charge in [-0.1, -0.05) is 44.2 Å². The van der Waals surface area contributed by atoms with E-state index >= 15 is 0 Å². The molecule has 2 saturated carbocycles. The van der Waals surface area contributed by atoms with E-state index in [0.29, 0.717) is 39.1 Å². The molecule has 1 saturated heterocycles. The molecule has 2 N–H and O–H groups in total. The Morgan fingerprint density at radius 1 is 1.07 bits per heavy atom. The highest BCUT2D eigenvalue weighted by atomic mass is 16.7. The fourth-order valence-corrected chi connectivity index (χ4v) is 6.26. The van der Waals surface area contributed by atoms with Crippen LogP contribution in [0.15, 0.2) is 41.5 Å². The number of aliphatic hydroxyl groups is 2. The van der Waals surface area contributed by atoms with Crippen LogP contribution in [0.5, 0.6) is 0 Å². The predicted molar refractivity (Wildman–Crippen MR) is 109 cm³/mol. The van der Waals surface area contributed by atoms with Crippen LogP contribution in [0.2, 0.25) is 0 Å². The van der Waals surface area contributed by atoms with Gasteiger partial charge in [0.05, 0.1) is 25.9 Å². The first kappa shape index (κ1) is 20.6. The van der Waals surface area contributed by atoms with Crippen molar-refractivity contribution in [3.8, 4) is 0 Å². The Bertz CT molecular complexity index is 831. The van der Waals surface area contributed by atoms with E-state index < -0.39 is 35.3 Å². The van der Waals surface area contributed by atoms with Gasteiger partial charge in [0, 0.05) is 23.3 Å². The van der Waals surface area contributed by atoms with Gasteiger partial charge < -0.3 is 29.2 Å². The van der Waals surface area contributed by atoms with E-state index in [4.69, 9.17) is 18.9 Å². The summed E-state index contributed by atoms with van der Waals surface area (Å²) in [6.45, 7) is 7.43. The van der Waals surface area contributed by atoms with Crippen LogP contribution >= 0.6 is 0 Å². The van der Waals surface area contributed by atoms with Crippen LogP contribution in [0.3, 0.4) is 0 Å². The van der Waals surface area contributed by atoms with E-state index in [2.05, 4.69) is 6.92 Å². The summed E-state index contributed by atoms with van der Waals surface area (Å²) in [6.07, 6.45) is -0.148. The lowest BCUT2D eigenvalue weighted by atomic mass is 9.49. The van der Waals surface area contributed by atoms with Crippen molar-refractivity contribution in [2.75, 3.05) is 19.8 Å². The summed E-state index contributed by atoms with van der Waals surface area (Å²) in [7, 11) is 0. The third-order valence-electron chi connectivity index (χ3n) is 8.05. The Morgan fingerprint density at radius 2 is 1.77 bits per heavy atom. The number of hydrogen-bond acceptors (Lipinski definition) is 6. The maximum Gasteiger partial charge on any atom is 0.185 e. The molecule has 1 aromatic carbocycles. The molecule has 5 rings (SSSR count). The van der Waals surface area contributed by atoms with Crippen LogP contribution in [0, 0.1) is 11.3 Å². The highest BCUT2D eigenvalue weighted by molar-refractivity contribution is 5.34. The fraction of sp³-hybridized carbons (Fsp3) is 0.667. The van der Waals surface area contributed by atoms with Gasteiger partial charge in [0.15, 0.2) is 12.1 Å². The lowest BCUT2D eigenvalue weighted by Gasteiger charge is -2.63. The summed E-state index contributed by atoms with van der Waals surface area (Å²) in [4.78, 5) is 0. The molecule has 164 valence electrons. The summed E-state index contributed by atoms with van der Waals surface area (Å²) < 4.78 is 24.8. The summed E-state index contributed by atoms with van der Waals surface area (Å²) in [5.41, 5.74) is 0.749. The molecule has 3 fully saturated rings. The SMILES string of the molecule is CC1=C2[C@H](O)C[C@@]3(C)CCC4(OCCO4)[C@H](C)[C@]3(O)[C@H]2OC(c2ccccc2)OC1. The Balaban J connectivity index is 1.61. The van der Waals surface area contributed by atoms with Crippen molar-refractivity contribution in [2.45, 2.75) is 69.9 Å². The molecule has 0 amide bonds. The zero-order valence-corrected chi connectivity index (χ0v) is 18.0. The first-order valence-electron chi connectivity index (χ1n) is 11.0. The minimum absolute atomic E-state index is 0.332. The molecule has 6 heteroatoms. The van der Waals surface area contributed by atoms with E-state index in [0.717, 1.165) is 16.7 Å². The van der Waals surface area contributed by atoms with Gasteiger partial charge in [0.1, 0.15) is 11.7 Å². The summed E-state index contributed by atoms with van der Waals surface area (Å²) in [6, 6.07) is 9.76. The van der Waals surface area contributed by atoms with E-state index in [-0.39, 0.29) is 5.92 Å². The van der Waals surface area contributed by atoms with Crippen molar-refractivity contribution in [1.29, 1.82) is 0 Å². The molecule has 30 heavy (non-hydrogen) atoms. The van der Waals surface area contributed by atoms with Crippen LogP contribution in [0.25, 0.3) is 0 Å². The van der Waals surface area contributed by atoms with Gasteiger partial charge in [0.25, 0.3) is 0 Å². The number of ether oxygens (including phenoxy) is 4. The highest BCUT2D eigenvalue weighted by Crippen LogP contribution is 2.62. The van der Waals surface area contributed by atoms with Crippen LogP contribution in [-0.2, 0) is 18.9 Å². The standard InChI is InChI=1S/C24H32O6/c1-15-14-27-21(17-7-5-4-6-8-17)30-20-19(15)18(25)13-22(3)9-10-23(28-11-12-29-23)16(2)24(20,22)26/h4-8,16,18,20-21,25-26H,9-14H2,1-3H3/t16-,18+,20-,21?,22+,24-/m0/s1. The average molecular weight is 417 g/mol. The minimum atomic E-state index is -1.27. The monoisotopic (exact) mass is 416 g/mol. The lowest BCUT2D eigenvalue weighted by Crippen LogP contribution is -2.72. The van der Waals surface area contributed by atoms with Crippen LogP contribution in [-0.4, -0.2) is 53.6 Å². The van der Waals surface area contributed by atoms with Gasteiger partial charge in [0.2, 0.25) is 0 Å². The Kier molecular flexibility index (Phi) is 4.89. The zero-order valence-electron chi connectivity index (χ0n) is 18.0. The molecule has 0 radical (unpaired) electrons. The smallest absolute Gasteiger partial charge is 0.185 e. The summed E-state index contributed by atoms with van der Waals surface area (Å²) >= 11 is 0. The topological polar surface area (TPSA) is 77.4 Å². The lowest BCUT2D eigenvalue weighted by molar-refractivity contribution is -0.335. The normalized spacial score (nSPS) is 43.2. The number of hydrogen-bond donors (Lipinski definition) is 2. The summed E-state index contributed by atoms with van der Waals surface area (Å²) in [5, 5.41) is 23.6. The fourth-order valence-electron chi connectivity index (χ4n) is 6.26. The van der Waals surface area contributed by atoms with Crippen molar-refractivity contribution in [3.05, 3.63) is 47.0 Å². The number of aliphatic hydroxyl groups excluding tert-OH is 1. The molecule has 2 aliphatic carbocycles. The molecule has 2 heterocycles. The molecule has 1 unspecified atom stereocenters. The highest BCUT2D eigenvalue weighted by Gasteiger charge is 2.70. The van der Waals surface area contributed by atoms with Crippen molar-refractivity contribution in [3.63, 3.8) is 0 Å². The molecular formula is C24H32O6. The maximum absolute atomic E-state index is 12.5. The number of rotatable bonds is 1. The van der Waals surface area contributed by atoms with Crippen molar-refractivity contribution < 1.29 is 29.2 Å². The Hall–Kier alpha value is -1.28. The zero-order chi connectivity index (χ0) is 21.1. The molecule has 4 aliphatic rings. The Labute approximate surface area is 177 Å². The molecule has 0 bridgehead atoms.